The molecule has 0 spiro atoms. The molecule has 3 nitrogen and oxygen atoms in total. The molecule has 0 bridgehead atoms. The first-order valence-corrected chi connectivity index (χ1v) is 7.37. The van der Waals surface area contributed by atoms with E-state index in [1.165, 1.54) is 25.9 Å². The molecule has 1 atom stereocenters. The van der Waals surface area contributed by atoms with E-state index < -0.39 is 0 Å². The van der Waals surface area contributed by atoms with E-state index in [2.05, 4.69) is 24.2 Å². The molecule has 1 aromatic rings. The van der Waals surface area contributed by atoms with Crippen molar-refractivity contribution in [3.63, 3.8) is 0 Å². The third kappa shape index (κ3) is 4.51. The second-order valence-corrected chi connectivity index (χ2v) is 5.42. The summed E-state index contributed by atoms with van der Waals surface area (Å²) in [6, 6.07) is 10.7. The van der Waals surface area contributed by atoms with Crippen LogP contribution in [0.2, 0.25) is 0 Å². The van der Waals surface area contributed by atoms with Gasteiger partial charge < -0.3 is 10.1 Å². The fourth-order valence-corrected chi connectivity index (χ4v) is 2.72. The summed E-state index contributed by atoms with van der Waals surface area (Å²) in [6.07, 6.45) is 2.60. The Labute approximate surface area is 116 Å². The van der Waals surface area contributed by atoms with Crippen LogP contribution in [0.25, 0.3) is 0 Å². The molecule has 1 aliphatic heterocycles. The number of nitrogens with one attached hydrogen (secondary N) is 1. The fraction of sp³-hybridized carbons (Fsp3) is 0.625. The van der Waals surface area contributed by atoms with Crippen LogP contribution in [0.15, 0.2) is 30.3 Å². The quantitative estimate of drug-likeness (QED) is 0.852. The van der Waals surface area contributed by atoms with Crippen molar-refractivity contribution in [3.05, 3.63) is 30.3 Å². The van der Waals surface area contributed by atoms with E-state index in [9.17, 15) is 0 Å². The highest BCUT2D eigenvalue weighted by Gasteiger charge is 2.22. The van der Waals surface area contributed by atoms with Gasteiger partial charge in [-0.1, -0.05) is 18.2 Å². The zero-order valence-corrected chi connectivity index (χ0v) is 12.1. The Bertz CT molecular complexity index is 347. The highest BCUT2D eigenvalue weighted by molar-refractivity contribution is 5.20. The molecule has 0 amide bonds. The molecule has 1 unspecified atom stereocenters. The Kier molecular flexibility index (Phi) is 5.67. The van der Waals surface area contributed by atoms with Gasteiger partial charge in [-0.25, -0.2) is 0 Å². The molecule has 2 rings (SSSR count). The summed E-state index contributed by atoms with van der Waals surface area (Å²) in [5, 5.41) is 3.37. The lowest BCUT2D eigenvalue weighted by atomic mass is 9.90. The minimum absolute atomic E-state index is 0.641. The average Bonchev–Trinajstić information content (AvgIpc) is 2.48. The van der Waals surface area contributed by atoms with Crippen LogP contribution in [-0.4, -0.2) is 44.2 Å². The summed E-state index contributed by atoms with van der Waals surface area (Å²) in [4.78, 5) is 2.52. The predicted molar refractivity (Wildman–Crippen MR) is 79.6 cm³/mol. The number of ether oxygens (including phenoxy) is 1. The maximum atomic E-state index is 5.75. The van der Waals surface area contributed by atoms with Crippen molar-refractivity contribution in [1.29, 1.82) is 0 Å². The van der Waals surface area contributed by atoms with E-state index in [-0.39, 0.29) is 0 Å². The van der Waals surface area contributed by atoms with E-state index in [1.807, 2.05) is 30.3 Å². The predicted octanol–water partition coefficient (Wildman–Crippen LogP) is 2.39. The lowest BCUT2D eigenvalue weighted by Gasteiger charge is -2.34. The van der Waals surface area contributed by atoms with Gasteiger partial charge in [0.15, 0.2) is 0 Å². The number of benzene rings is 1. The van der Waals surface area contributed by atoms with Gasteiger partial charge in [-0.3, -0.25) is 4.90 Å². The van der Waals surface area contributed by atoms with Gasteiger partial charge >= 0.3 is 0 Å². The normalized spacial score (nSPS) is 19.3. The summed E-state index contributed by atoms with van der Waals surface area (Å²) in [6.45, 7) is 6.52. The van der Waals surface area contributed by atoms with Crippen molar-refractivity contribution in [2.45, 2.75) is 25.8 Å². The molecular formula is C16H26N2O. The van der Waals surface area contributed by atoms with Crippen LogP contribution in [0.3, 0.4) is 0 Å². The molecule has 0 radical (unpaired) electrons. The second-order valence-electron chi connectivity index (χ2n) is 5.42. The standard InChI is InChI=1S/C16H26N2O/c1-14(17-2)15-8-10-18(11-9-15)12-13-19-16-6-4-3-5-7-16/h3-7,14-15,17H,8-13H2,1-2H3. The van der Waals surface area contributed by atoms with Crippen LogP contribution in [0.4, 0.5) is 0 Å². The molecule has 1 saturated heterocycles. The number of hydrogen-bond donors (Lipinski definition) is 1. The van der Waals surface area contributed by atoms with Crippen LogP contribution >= 0.6 is 0 Å². The van der Waals surface area contributed by atoms with Gasteiger partial charge in [0.1, 0.15) is 12.4 Å². The zero-order valence-electron chi connectivity index (χ0n) is 12.1. The Morgan fingerprint density at radius 2 is 1.95 bits per heavy atom. The first-order chi connectivity index (χ1) is 9.29. The average molecular weight is 262 g/mol. The van der Waals surface area contributed by atoms with Crippen molar-refractivity contribution < 1.29 is 4.74 Å². The van der Waals surface area contributed by atoms with Crippen molar-refractivity contribution in [3.8, 4) is 5.75 Å². The molecule has 106 valence electrons. The minimum atomic E-state index is 0.641. The second kappa shape index (κ2) is 7.51. The SMILES string of the molecule is CNC(C)C1CCN(CCOc2ccccc2)CC1. The van der Waals surface area contributed by atoms with Crippen LogP contribution in [0.1, 0.15) is 19.8 Å². The van der Waals surface area contributed by atoms with Gasteiger partial charge in [0, 0.05) is 12.6 Å². The van der Waals surface area contributed by atoms with Gasteiger partial charge in [0.05, 0.1) is 0 Å². The summed E-state index contributed by atoms with van der Waals surface area (Å²) >= 11 is 0. The third-order valence-electron chi connectivity index (χ3n) is 4.21. The van der Waals surface area contributed by atoms with Crippen molar-refractivity contribution >= 4 is 0 Å². The Balaban J connectivity index is 1.63. The smallest absolute Gasteiger partial charge is 0.119 e. The number of para-hydroxylation sites is 1. The number of likely N-dealkylation sites (tertiary alicyclic amines) is 1. The maximum absolute atomic E-state index is 5.75. The molecule has 1 aromatic carbocycles. The summed E-state index contributed by atoms with van der Waals surface area (Å²) in [5.74, 6) is 1.80. The molecule has 3 heteroatoms. The van der Waals surface area contributed by atoms with Gasteiger partial charge in [0.2, 0.25) is 0 Å². The summed E-state index contributed by atoms with van der Waals surface area (Å²) < 4.78 is 5.75. The Hall–Kier alpha value is -1.06. The number of nitrogens with zero attached hydrogens (tertiary/aromatic N) is 1. The fourth-order valence-electron chi connectivity index (χ4n) is 2.72. The van der Waals surface area contributed by atoms with Crippen molar-refractivity contribution in [1.82, 2.24) is 10.2 Å². The highest BCUT2D eigenvalue weighted by atomic mass is 16.5. The lowest BCUT2D eigenvalue weighted by Crippen LogP contribution is -2.42. The largest absolute Gasteiger partial charge is 0.492 e. The lowest BCUT2D eigenvalue weighted by molar-refractivity contribution is 0.142. The Morgan fingerprint density at radius 1 is 1.26 bits per heavy atom. The molecule has 0 aromatic heterocycles. The highest BCUT2D eigenvalue weighted by Crippen LogP contribution is 2.20. The zero-order chi connectivity index (χ0) is 13.5. The first-order valence-electron chi connectivity index (χ1n) is 7.37. The molecule has 19 heavy (non-hydrogen) atoms. The molecule has 0 saturated carbocycles. The van der Waals surface area contributed by atoms with Crippen LogP contribution in [-0.2, 0) is 0 Å². The van der Waals surface area contributed by atoms with Crippen LogP contribution < -0.4 is 10.1 Å². The molecule has 0 aliphatic carbocycles. The molecule has 1 fully saturated rings. The molecule has 1 heterocycles. The number of rotatable bonds is 6. The Morgan fingerprint density at radius 3 is 2.58 bits per heavy atom. The van der Waals surface area contributed by atoms with E-state index in [4.69, 9.17) is 4.74 Å². The molecular weight excluding hydrogens is 236 g/mol. The van der Waals surface area contributed by atoms with E-state index >= 15 is 0 Å². The van der Waals surface area contributed by atoms with Gasteiger partial charge in [0.25, 0.3) is 0 Å². The van der Waals surface area contributed by atoms with Crippen molar-refractivity contribution in [2.24, 2.45) is 5.92 Å². The topological polar surface area (TPSA) is 24.5 Å². The van der Waals surface area contributed by atoms with Gasteiger partial charge in [-0.2, -0.15) is 0 Å². The monoisotopic (exact) mass is 262 g/mol. The van der Waals surface area contributed by atoms with Crippen LogP contribution in [0, 0.1) is 5.92 Å². The third-order valence-corrected chi connectivity index (χ3v) is 4.21. The molecule has 1 N–H and O–H groups in total. The molecule has 1 aliphatic rings. The van der Waals surface area contributed by atoms with Crippen LogP contribution in [0.5, 0.6) is 5.75 Å². The number of piperidine rings is 1. The van der Waals surface area contributed by atoms with Gasteiger partial charge in [-0.05, 0) is 58.0 Å². The summed E-state index contributed by atoms with van der Waals surface area (Å²) in [7, 11) is 2.06. The number of hydrogen-bond acceptors (Lipinski definition) is 3. The summed E-state index contributed by atoms with van der Waals surface area (Å²) in [5.41, 5.74) is 0. The minimum Gasteiger partial charge on any atom is -0.492 e. The van der Waals surface area contributed by atoms with E-state index in [1.54, 1.807) is 0 Å². The van der Waals surface area contributed by atoms with E-state index in [0.717, 1.165) is 24.8 Å². The van der Waals surface area contributed by atoms with E-state index in [0.29, 0.717) is 6.04 Å². The first kappa shape index (κ1) is 14.4. The van der Waals surface area contributed by atoms with Crippen molar-refractivity contribution in [2.75, 3.05) is 33.3 Å². The van der Waals surface area contributed by atoms with Gasteiger partial charge in [-0.15, -0.1) is 0 Å². The maximum Gasteiger partial charge on any atom is 0.119 e.